The minimum absolute atomic E-state index is 0.888. The average molecular weight is 396 g/mol. The largest absolute Gasteiger partial charge is 0.495 e. The Labute approximate surface area is 179 Å². The highest BCUT2D eigenvalue weighted by Crippen LogP contribution is 2.28. The minimum atomic E-state index is 0.888. The fraction of sp³-hybridized carbons (Fsp3) is 0.481. The van der Waals surface area contributed by atoms with Crippen LogP contribution in [0.4, 0.5) is 5.69 Å². The van der Waals surface area contributed by atoms with E-state index in [-0.39, 0.29) is 0 Å². The van der Waals surface area contributed by atoms with Crippen LogP contribution in [0.2, 0.25) is 0 Å². The van der Waals surface area contributed by atoms with Gasteiger partial charge in [0.1, 0.15) is 5.75 Å². The second-order valence-corrected chi connectivity index (χ2v) is 8.32. The van der Waals surface area contributed by atoms with E-state index in [1.807, 2.05) is 12.1 Å². The van der Waals surface area contributed by atoms with E-state index in [4.69, 9.17) is 4.74 Å². The lowest BCUT2D eigenvalue weighted by atomic mass is 10.1. The first-order valence-electron chi connectivity index (χ1n) is 10.8. The lowest BCUT2D eigenvalue weighted by molar-refractivity contribution is 0.415. The van der Waals surface area contributed by atoms with Gasteiger partial charge in [0.05, 0.1) is 12.8 Å². The number of nitrogens with zero attached hydrogens (tertiary/aromatic N) is 1. The van der Waals surface area contributed by atoms with Crippen LogP contribution >= 0.6 is 0 Å². The van der Waals surface area contributed by atoms with Crippen molar-refractivity contribution in [1.82, 2.24) is 0 Å². The van der Waals surface area contributed by atoms with E-state index < -0.39 is 0 Å². The minimum Gasteiger partial charge on any atom is -0.495 e. The summed E-state index contributed by atoms with van der Waals surface area (Å²) in [7, 11) is 1.75. The monoisotopic (exact) mass is 395 g/mol. The molecule has 29 heavy (non-hydrogen) atoms. The van der Waals surface area contributed by atoms with Crippen molar-refractivity contribution in [2.75, 3.05) is 25.1 Å². The van der Waals surface area contributed by atoms with Crippen LogP contribution in [-0.2, 0) is 0 Å². The molecule has 0 saturated carbocycles. The summed E-state index contributed by atoms with van der Waals surface area (Å²) in [6.45, 7) is 14.9. The Morgan fingerprint density at radius 2 is 1.24 bits per heavy atom. The van der Waals surface area contributed by atoms with Gasteiger partial charge >= 0.3 is 0 Å². The zero-order chi connectivity index (χ0) is 21.6. The van der Waals surface area contributed by atoms with E-state index in [9.17, 15) is 0 Å². The maximum atomic E-state index is 5.62. The van der Waals surface area contributed by atoms with Gasteiger partial charge in [0.2, 0.25) is 0 Å². The number of hydrogen-bond donors (Lipinski definition) is 0. The molecule has 0 unspecified atom stereocenters. The summed E-state index contributed by atoms with van der Waals surface area (Å²) >= 11 is 0. The SMILES string of the molecule is COc1ccccc1N(C/C=C(\C)CCC=C(C)C)C/C=C(\C)CCC=C(C)C. The van der Waals surface area contributed by atoms with Gasteiger partial charge in [-0.05, 0) is 79.4 Å². The molecule has 0 fully saturated rings. The van der Waals surface area contributed by atoms with Crippen LogP contribution in [0, 0.1) is 0 Å². The number of allylic oxidation sites excluding steroid dienone is 6. The molecule has 160 valence electrons. The summed E-state index contributed by atoms with van der Waals surface area (Å²) < 4.78 is 5.62. The molecule has 1 aromatic carbocycles. The predicted molar refractivity (Wildman–Crippen MR) is 130 cm³/mol. The molecule has 0 N–H and O–H groups in total. The van der Waals surface area contributed by atoms with E-state index in [1.54, 1.807) is 7.11 Å². The van der Waals surface area contributed by atoms with Gasteiger partial charge in [0.15, 0.2) is 0 Å². The zero-order valence-corrected chi connectivity index (χ0v) is 19.7. The van der Waals surface area contributed by atoms with Crippen molar-refractivity contribution in [3.8, 4) is 5.75 Å². The maximum Gasteiger partial charge on any atom is 0.142 e. The molecule has 0 saturated heterocycles. The highest BCUT2D eigenvalue weighted by atomic mass is 16.5. The molecule has 1 rings (SSSR count). The highest BCUT2D eigenvalue weighted by Gasteiger charge is 2.09. The molecule has 0 bridgehead atoms. The third-order valence-corrected chi connectivity index (χ3v) is 4.93. The van der Waals surface area contributed by atoms with Gasteiger partial charge in [0, 0.05) is 13.1 Å². The van der Waals surface area contributed by atoms with Crippen LogP contribution in [-0.4, -0.2) is 20.2 Å². The fourth-order valence-corrected chi connectivity index (χ4v) is 3.08. The predicted octanol–water partition coefficient (Wildman–Crippen LogP) is 7.89. The molecule has 0 atom stereocenters. The van der Waals surface area contributed by atoms with Crippen molar-refractivity contribution in [3.63, 3.8) is 0 Å². The highest BCUT2D eigenvalue weighted by molar-refractivity contribution is 5.59. The third kappa shape index (κ3) is 10.8. The first kappa shape index (κ1) is 24.8. The van der Waals surface area contributed by atoms with Gasteiger partial charge in [-0.15, -0.1) is 0 Å². The molecule has 0 amide bonds. The van der Waals surface area contributed by atoms with Crippen LogP contribution in [0.15, 0.2) is 70.9 Å². The van der Waals surface area contributed by atoms with Crippen molar-refractivity contribution in [3.05, 3.63) is 70.9 Å². The van der Waals surface area contributed by atoms with Crippen molar-refractivity contribution >= 4 is 5.69 Å². The molecule has 0 aliphatic heterocycles. The summed E-state index contributed by atoms with van der Waals surface area (Å²) in [5, 5.41) is 0. The second-order valence-electron chi connectivity index (χ2n) is 8.32. The number of ether oxygens (including phenoxy) is 1. The van der Waals surface area contributed by atoms with E-state index in [2.05, 4.69) is 82.9 Å². The number of methoxy groups -OCH3 is 1. The summed E-state index contributed by atoms with van der Waals surface area (Å²) in [6, 6.07) is 8.31. The van der Waals surface area contributed by atoms with Crippen molar-refractivity contribution in [2.24, 2.45) is 0 Å². The molecule has 0 heterocycles. The average Bonchev–Trinajstić information content (AvgIpc) is 2.67. The Morgan fingerprint density at radius 3 is 1.69 bits per heavy atom. The molecule has 0 aliphatic rings. The van der Waals surface area contributed by atoms with Crippen molar-refractivity contribution in [1.29, 1.82) is 0 Å². The number of rotatable bonds is 12. The summed E-state index contributed by atoms with van der Waals surface area (Å²) in [5.74, 6) is 0.929. The first-order valence-corrected chi connectivity index (χ1v) is 10.8. The molecular formula is C27H41NO. The molecule has 2 heteroatoms. The Morgan fingerprint density at radius 1 is 0.759 bits per heavy atom. The fourth-order valence-electron chi connectivity index (χ4n) is 3.08. The van der Waals surface area contributed by atoms with Gasteiger partial charge < -0.3 is 9.64 Å². The molecule has 2 nitrogen and oxygen atoms in total. The Hall–Kier alpha value is -2.22. The number of para-hydroxylation sites is 2. The molecule has 0 aliphatic carbocycles. The van der Waals surface area contributed by atoms with Gasteiger partial charge in [0.25, 0.3) is 0 Å². The van der Waals surface area contributed by atoms with Gasteiger partial charge in [-0.2, -0.15) is 0 Å². The number of anilines is 1. The van der Waals surface area contributed by atoms with Gasteiger partial charge in [-0.3, -0.25) is 0 Å². The lowest BCUT2D eigenvalue weighted by Crippen LogP contribution is -2.24. The maximum absolute atomic E-state index is 5.62. The normalized spacial score (nSPS) is 11.8. The van der Waals surface area contributed by atoms with Crippen LogP contribution in [0.1, 0.15) is 67.2 Å². The van der Waals surface area contributed by atoms with E-state index in [1.165, 1.54) is 22.3 Å². The van der Waals surface area contributed by atoms with Crippen molar-refractivity contribution in [2.45, 2.75) is 67.2 Å². The van der Waals surface area contributed by atoms with E-state index >= 15 is 0 Å². The van der Waals surface area contributed by atoms with Crippen LogP contribution in [0.3, 0.4) is 0 Å². The number of hydrogen-bond acceptors (Lipinski definition) is 2. The van der Waals surface area contributed by atoms with E-state index in [0.29, 0.717) is 0 Å². The van der Waals surface area contributed by atoms with Crippen LogP contribution in [0.25, 0.3) is 0 Å². The van der Waals surface area contributed by atoms with Crippen LogP contribution < -0.4 is 9.64 Å². The summed E-state index contributed by atoms with van der Waals surface area (Å²) in [6.07, 6.45) is 13.8. The Bertz CT molecular complexity index is 689. The second kappa shape index (κ2) is 13.9. The third-order valence-electron chi connectivity index (χ3n) is 4.93. The quantitative estimate of drug-likeness (QED) is 0.334. The molecular weight excluding hydrogens is 354 g/mol. The molecule has 0 aromatic heterocycles. The zero-order valence-electron chi connectivity index (χ0n) is 19.7. The van der Waals surface area contributed by atoms with Crippen LogP contribution in [0.5, 0.6) is 5.75 Å². The standard InChI is InChI=1S/C27H41NO/c1-22(2)12-10-14-24(5)18-20-28(26-16-8-9-17-27(26)29-7)21-19-25(6)15-11-13-23(3)4/h8-9,12-13,16-19H,10-11,14-15,20-21H2,1-7H3/b24-18+,25-19+. The van der Waals surface area contributed by atoms with E-state index in [0.717, 1.165) is 50.2 Å². The lowest BCUT2D eigenvalue weighted by Gasteiger charge is -2.24. The first-order chi connectivity index (χ1) is 13.8. The summed E-state index contributed by atoms with van der Waals surface area (Å²) in [4.78, 5) is 2.40. The van der Waals surface area contributed by atoms with Gasteiger partial charge in [-0.1, -0.05) is 58.7 Å². The molecule has 0 spiro atoms. The number of benzene rings is 1. The van der Waals surface area contributed by atoms with Gasteiger partial charge in [-0.25, -0.2) is 0 Å². The Balaban J connectivity index is 2.89. The smallest absolute Gasteiger partial charge is 0.142 e. The molecule has 1 aromatic rings. The van der Waals surface area contributed by atoms with Crippen molar-refractivity contribution < 1.29 is 4.74 Å². The Kier molecular flexibility index (Phi) is 11.9. The molecule has 0 radical (unpaired) electrons. The topological polar surface area (TPSA) is 12.5 Å². The summed E-state index contributed by atoms with van der Waals surface area (Å²) in [5.41, 5.74) is 6.80.